The molecule has 10 rings (SSSR count). The van der Waals surface area contributed by atoms with Gasteiger partial charge in [-0.15, -0.1) is 0 Å². The Morgan fingerprint density at radius 2 is 0.788 bits per heavy atom. The number of fused-ring (bicyclic) bond motifs is 6. The molecule has 0 N–H and O–H groups in total. The number of rotatable bonds is 6. The number of benzene rings is 9. The summed E-state index contributed by atoms with van der Waals surface area (Å²) in [6.45, 7) is 0. The first-order valence-electron chi connectivity index (χ1n) is 17.7. The molecule has 0 amide bonds. The molecular formula is C50H33NO. The van der Waals surface area contributed by atoms with Gasteiger partial charge >= 0.3 is 0 Å². The van der Waals surface area contributed by atoms with Crippen LogP contribution in [0.1, 0.15) is 0 Å². The van der Waals surface area contributed by atoms with Crippen molar-refractivity contribution in [2.75, 3.05) is 4.90 Å². The van der Waals surface area contributed by atoms with E-state index in [-0.39, 0.29) is 0 Å². The smallest absolute Gasteiger partial charge is 0.136 e. The quantitative estimate of drug-likeness (QED) is 0.165. The monoisotopic (exact) mass is 663 g/mol. The first-order chi connectivity index (χ1) is 25.7. The third-order valence-corrected chi connectivity index (χ3v) is 10.2. The Balaban J connectivity index is 1.11. The van der Waals surface area contributed by atoms with E-state index in [1.54, 1.807) is 0 Å². The summed E-state index contributed by atoms with van der Waals surface area (Å²) in [7, 11) is 0. The van der Waals surface area contributed by atoms with E-state index in [2.05, 4.69) is 193 Å². The van der Waals surface area contributed by atoms with Crippen LogP contribution >= 0.6 is 0 Å². The summed E-state index contributed by atoms with van der Waals surface area (Å²) in [6, 6.07) is 71.8. The van der Waals surface area contributed by atoms with Gasteiger partial charge in [0.15, 0.2) is 0 Å². The maximum atomic E-state index is 6.22. The Kier molecular flexibility index (Phi) is 7.18. The van der Waals surface area contributed by atoms with Crippen molar-refractivity contribution in [3.63, 3.8) is 0 Å². The van der Waals surface area contributed by atoms with Gasteiger partial charge in [-0.1, -0.05) is 146 Å². The van der Waals surface area contributed by atoms with Crippen LogP contribution in [0.3, 0.4) is 0 Å². The Morgan fingerprint density at radius 3 is 1.46 bits per heavy atom. The van der Waals surface area contributed by atoms with Crippen LogP contribution in [0, 0.1) is 0 Å². The average Bonchev–Trinajstić information content (AvgIpc) is 3.58. The lowest BCUT2D eigenvalue weighted by Crippen LogP contribution is -2.10. The molecule has 0 aliphatic rings. The average molecular weight is 664 g/mol. The molecule has 2 heteroatoms. The molecule has 0 unspecified atom stereocenters. The lowest BCUT2D eigenvalue weighted by Gasteiger charge is -2.27. The number of hydrogen-bond acceptors (Lipinski definition) is 2. The normalized spacial score (nSPS) is 11.5. The number of nitrogens with zero attached hydrogens (tertiary/aromatic N) is 1. The van der Waals surface area contributed by atoms with Crippen molar-refractivity contribution in [3.8, 4) is 33.4 Å². The summed E-state index contributed by atoms with van der Waals surface area (Å²) in [5.41, 5.74) is 12.3. The molecule has 9 aromatic carbocycles. The van der Waals surface area contributed by atoms with Crippen LogP contribution in [0.25, 0.3) is 76.9 Å². The lowest BCUT2D eigenvalue weighted by atomic mass is 9.98. The maximum absolute atomic E-state index is 6.22. The molecule has 0 radical (unpaired) electrons. The predicted octanol–water partition coefficient (Wildman–Crippen LogP) is 14.4. The van der Waals surface area contributed by atoms with Gasteiger partial charge in [0.1, 0.15) is 11.2 Å². The minimum absolute atomic E-state index is 0.919. The molecule has 0 atom stereocenters. The highest BCUT2D eigenvalue weighted by Gasteiger charge is 2.17. The molecule has 1 aromatic heterocycles. The van der Waals surface area contributed by atoms with E-state index in [0.717, 1.165) is 39.0 Å². The zero-order valence-electron chi connectivity index (χ0n) is 28.4. The summed E-state index contributed by atoms with van der Waals surface area (Å²) in [5.74, 6) is 0. The largest absolute Gasteiger partial charge is 0.456 e. The van der Waals surface area contributed by atoms with Crippen LogP contribution < -0.4 is 4.90 Å². The van der Waals surface area contributed by atoms with Crippen molar-refractivity contribution in [1.82, 2.24) is 0 Å². The van der Waals surface area contributed by atoms with E-state index >= 15 is 0 Å². The number of hydrogen-bond donors (Lipinski definition) is 0. The molecule has 0 spiro atoms. The molecule has 0 saturated heterocycles. The Bertz CT molecular complexity index is 2890. The van der Waals surface area contributed by atoms with Gasteiger partial charge in [-0.05, 0) is 110 Å². The van der Waals surface area contributed by atoms with Gasteiger partial charge < -0.3 is 9.32 Å². The Morgan fingerprint density at radius 1 is 0.269 bits per heavy atom. The minimum atomic E-state index is 0.919. The summed E-state index contributed by atoms with van der Waals surface area (Å²) in [4.78, 5) is 2.38. The maximum Gasteiger partial charge on any atom is 0.136 e. The van der Waals surface area contributed by atoms with Gasteiger partial charge in [0.25, 0.3) is 0 Å². The molecule has 0 fully saturated rings. The second kappa shape index (κ2) is 12.5. The van der Waals surface area contributed by atoms with Crippen molar-refractivity contribution in [2.24, 2.45) is 0 Å². The third kappa shape index (κ3) is 5.30. The van der Waals surface area contributed by atoms with Gasteiger partial charge in [0.05, 0.1) is 0 Å². The SMILES string of the molecule is c1ccc(-c2ccc(-c3cccc(N(c4cccc(-c5ccccc5)c4)c4ccc5c(ccc6cc7oc8ccccc8c7cc65)c4)c3)cc2)cc1. The second-order valence-electron chi connectivity index (χ2n) is 13.4. The summed E-state index contributed by atoms with van der Waals surface area (Å²) < 4.78 is 6.22. The van der Waals surface area contributed by atoms with E-state index in [4.69, 9.17) is 4.42 Å². The highest BCUT2D eigenvalue weighted by atomic mass is 16.3. The topological polar surface area (TPSA) is 16.4 Å². The van der Waals surface area contributed by atoms with Crippen LogP contribution in [0.15, 0.2) is 205 Å². The first-order valence-corrected chi connectivity index (χ1v) is 17.7. The van der Waals surface area contributed by atoms with Gasteiger partial charge in [-0.2, -0.15) is 0 Å². The third-order valence-electron chi connectivity index (χ3n) is 10.2. The van der Waals surface area contributed by atoms with Crippen LogP contribution in [-0.2, 0) is 0 Å². The van der Waals surface area contributed by atoms with Crippen molar-refractivity contribution in [2.45, 2.75) is 0 Å². The molecule has 52 heavy (non-hydrogen) atoms. The Hall–Kier alpha value is -6.90. The molecule has 10 aromatic rings. The molecule has 0 aliphatic heterocycles. The first kappa shape index (κ1) is 30.0. The van der Waals surface area contributed by atoms with E-state index in [0.29, 0.717) is 0 Å². The fraction of sp³-hybridized carbons (Fsp3) is 0. The lowest BCUT2D eigenvalue weighted by molar-refractivity contribution is 0.669. The summed E-state index contributed by atoms with van der Waals surface area (Å²) in [6.07, 6.45) is 0. The van der Waals surface area contributed by atoms with Crippen molar-refractivity contribution < 1.29 is 4.42 Å². The van der Waals surface area contributed by atoms with Gasteiger partial charge in [0.2, 0.25) is 0 Å². The van der Waals surface area contributed by atoms with Crippen molar-refractivity contribution in [1.29, 1.82) is 0 Å². The van der Waals surface area contributed by atoms with Crippen LogP contribution in [0.4, 0.5) is 17.1 Å². The van der Waals surface area contributed by atoms with Crippen LogP contribution in [0.2, 0.25) is 0 Å². The molecule has 0 saturated carbocycles. The zero-order chi connectivity index (χ0) is 34.4. The van der Waals surface area contributed by atoms with Gasteiger partial charge in [-0.25, -0.2) is 0 Å². The molecular weight excluding hydrogens is 631 g/mol. The zero-order valence-corrected chi connectivity index (χ0v) is 28.4. The standard InChI is InChI=1S/C50H33NO/c1-3-11-34(12-4-1)36-21-23-37(24-22-36)39-16-10-18-43(30-39)51(42-17-9-15-38(29-42)35-13-5-2-6-14-35)44-27-28-45-40(31-44)25-26-41-32-50-48(33-47(41)45)46-19-7-8-20-49(46)52-50/h1-33H. The van der Waals surface area contributed by atoms with Gasteiger partial charge in [-0.3, -0.25) is 0 Å². The number of furan rings is 1. The van der Waals surface area contributed by atoms with Crippen LogP contribution in [-0.4, -0.2) is 0 Å². The molecule has 244 valence electrons. The van der Waals surface area contributed by atoms with E-state index < -0.39 is 0 Å². The van der Waals surface area contributed by atoms with E-state index in [1.165, 1.54) is 54.9 Å². The van der Waals surface area contributed by atoms with Crippen LogP contribution in [0.5, 0.6) is 0 Å². The fourth-order valence-electron chi connectivity index (χ4n) is 7.62. The summed E-state index contributed by atoms with van der Waals surface area (Å²) >= 11 is 0. The van der Waals surface area contributed by atoms with Crippen molar-refractivity contribution in [3.05, 3.63) is 200 Å². The Labute approximate surface area is 302 Å². The van der Waals surface area contributed by atoms with Gasteiger partial charge in [0, 0.05) is 27.8 Å². The van der Waals surface area contributed by atoms with E-state index in [1.807, 2.05) is 12.1 Å². The summed E-state index contributed by atoms with van der Waals surface area (Å²) in [5, 5.41) is 7.10. The molecule has 0 aliphatic carbocycles. The number of para-hydroxylation sites is 1. The molecule has 1 heterocycles. The van der Waals surface area contributed by atoms with Crippen molar-refractivity contribution >= 4 is 60.5 Å². The molecule has 2 nitrogen and oxygen atoms in total. The second-order valence-corrected chi connectivity index (χ2v) is 13.4. The minimum Gasteiger partial charge on any atom is -0.456 e. The highest BCUT2D eigenvalue weighted by Crippen LogP contribution is 2.41. The van der Waals surface area contributed by atoms with E-state index in [9.17, 15) is 0 Å². The predicted molar refractivity (Wildman–Crippen MR) is 220 cm³/mol. The highest BCUT2D eigenvalue weighted by molar-refractivity contribution is 6.16. The fourth-order valence-corrected chi connectivity index (χ4v) is 7.62. The molecule has 0 bridgehead atoms. The number of anilines is 3.